The first kappa shape index (κ1) is 41.0. The molecule has 15 nitrogen and oxygen atoms in total. The Balaban J connectivity index is 1.24. The fraction of sp³-hybridized carbons (Fsp3) is 0.422. The van der Waals surface area contributed by atoms with E-state index in [0.717, 1.165) is 13.8 Å². The SMILES string of the molecule is CC(=O)OC1C(=O)C2C(O)CC3OCC3(OC(C)=O)C2C(OC(=O)c2ccccc2)C2(O)CC3(OC(=O)C(O)C(NC(=O)c4ccccc4)c4ccccc4)C(C)=C1C32C. The summed E-state index contributed by atoms with van der Waals surface area (Å²) in [6.07, 6.45) is -8.64. The van der Waals surface area contributed by atoms with Crippen molar-refractivity contribution in [2.24, 2.45) is 17.3 Å². The van der Waals surface area contributed by atoms with Crippen LogP contribution in [0.4, 0.5) is 0 Å². The third-order valence-corrected chi connectivity index (χ3v) is 13.4. The Kier molecular flexibility index (Phi) is 10.1. The molecule has 1 heterocycles. The van der Waals surface area contributed by atoms with Crippen molar-refractivity contribution in [3.63, 3.8) is 0 Å². The van der Waals surface area contributed by atoms with Crippen LogP contribution in [0.5, 0.6) is 0 Å². The minimum absolute atomic E-state index is 0.0515. The number of esters is 4. The van der Waals surface area contributed by atoms with Gasteiger partial charge < -0.3 is 44.3 Å². The van der Waals surface area contributed by atoms with Gasteiger partial charge in [0.1, 0.15) is 23.4 Å². The molecule has 12 unspecified atom stereocenters. The molecule has 3 aromatic rings. The summed E-state index contributed by atoms with van der Waals surface area (Å²) >= 11 is 0. The number of benzene rings is 3. The minimum atomic E-state index is -2.27. The minimum Gasteiger partial charge on any atom is -0.455 e. The van der Waals surface area contributed by atoms with Gasteiger partial charge in [0.05, 0.1) is 41.6 Å². The van der Waals surface area contributed by atoms with Gasteiger partial charge in [-0.3, -0.25) is 19.2 Å². The molecule has 15 heteroatoms. The Labute approximate surface area is 344 Å². The van der Waals surface area contributed by atoms with E-state index in [1.807, 2.05) is 0 Å². The molecule has 4 fully saturated rings. The molecule has 5 aliphatic rings. The molecule has 4 aliphatic carbocycles. The van der Waals surface area contributed by atoms with Crippen LogP contribution in [-0.2, 0) is 42.9 Å². The molecule has 3 aromatic carbocycles. The quantitative estimate of drug-likeness (QED) is 0.131. The first-order valence-electron chi connectivity index (χ1n) is 19.7. The predicted molar refractivity (Wildman–Crippen MR) is 206 cm³/mol. The lowest BCUT2D eigenvalue weighted by Crippen LogP contribution is -2.89. The average Bonchev–Trinajstić information content (AvgIpc) is 3.23. The maximum absolute atomic E-state index is 15.0. The van der Waals surface area contributed by atoms with Gasteiger partial charge in [-0.05, 0) is 54.8 Å². The number of ketones is 1. The largest absolute Gasteiger partial charge is 0.455 e. The molecule has 0 radical (unpaired) electrons. The van der Waals surface area contributed by atoms with Crippen LogP contribution in [0.1, 0.15) is 72.9 Å². The van der Waals surface area contributed by atoms with Gasteiger partial charge in [-0.1, -0.05) is 66.7 Å². The molecule has 0 spiro atoms. The smallest absolute Gasteiger partial charge is 0.338 e. The Morgan fingerprint density at radius 3 is 2.02 bits per heavy atom. The molecule has 1 amide bonds. The highest BCUT2D eigenvalue weighted by Gasteiger charge is 2.88. The summed E-state index contributed by atoms with van der Waals surface area (Å²) in [5.41, 5.74) is -6.67. The lowest BCUT2D eigenvalue weighted by atomic mass is 9.31. The number of rotatable bonds is 10. The molecule has 1 saturated heterocycles. The van der Waals surface area contributed by atoms with Crippen molar-refractivity contribution in [3.05, 3.63) is 119 Å². The Morgan fingerprint density at radius 2 is 1.45 bits per heavy atom. The van der Waals surface area contributed by atoms with Gasteiger partial charge in [-0.25, -0.2) is 9.59 Å². The number of ether oxygens (including phenoxy) is 5. The van der Waals surface area contributed by atoms with Crippen molar-refractivity contribution in [1.82, 2.24) is 5.32 Å². The third-order valence-electron chi connectivity index (χ3n) is 13.4. The van der Waals surface area contributed by atoms with Crippen LogP contribution in [-0.4, -0.2) is 105 Å². The molecule has 0 aromatic heterocycles. The number of aliphatic hydroxyl groups excluding tert-OH is 2. The van der Waals surface area contributed by atoms with Crippen molar-refractivity contribution >= 4 is 35.6 Å². The van der Waals surface area contributed by atoms with E-state index >= 15 is 4.79 Å². The van der Waals surface area contributed by atoms with Crippen LogP contribution < -0.4 is 5.32 Å². The Morgan fingerprint density at radius 1 is 0.850 bits per heavy atom. The van der Waals surface area contributed by atoms with E-state index in [-0.39, 0.29) is 35.3 Å². The van der Waals surface area contributed by atoms with E-state index in [1.54, 1.807) is 78.9 Å². The number of aliphatic hydroxyl groups is 3. The van der Waals surface area contributed by atoms with Gasteiger partial charge in [0.25, 0.3) is 5.91 Å². The van der Waals surface area contributed by atoms with Crippen LogP contribution in [0.2, 0.25) is 0 Å². The Bertz CT molecular complexity index is 2280. The van der Waals surface area contributed by atoms with Gasteiger partial charge in [0.2, 0.25) is 0 Å². The van der Waals surface area contributed by atoms with E-state index in [9.17, 15) is 39.3 Å². The van der Waals surface area contributed by atoms with Crippen LogP contribution in [0.25, 0.3) is 0 Å². The molecule has 4 N–H and O–H groups in total. The molecule has 0 bridgehead atoms. The van der Waals surface area contributed by atoms with E-state index in [2.05, 4.69) is 5.32 Å². The maximum Gasteiger partial charge on any atom is 0.338 e. The van der Waals surface area contributed by atoms with Crippen LogP contribution in [0.15, 0.2) is 102 Å². The van der Waals surface area contributed by atoms with Crippen molar-refractivity contribution < 1.29 is 67.8 Å². The third kappa shape index (κ3) is 5.92. The number of hydrogen-bond donors (Lipinski definition) is 4. The van der Waals surface area contributed by atoms with Gasteiger partial charge in [0.15, 0.2) is 23.6 Å². The number of nitrogens with one attached hydrogen (secondary N) is 1. The summed E-state index contributed by atoms with van der Waals surface area (Å²) in [5.74, 6) is -8.18. The van der Waals surface area contributed by atoms with Crippen molar-refractivity contribution in [2.75, 3.05) is 6.61 Å². The molecule has 60 heavy (non-hydrogen) atoms. The maximum atomic E-state index is 15.0. The highest BCUT2D eigenvalue weighted by molar-refractivity contribution is 5.96. The molecular formula is C45H45NO14. The average molecular weight is 824 g/mol. The molecule has 1 aliphatic heterocycles. The highest BCUT2D eigenvalue weighted by Crippen LogP contribution is 2.77. The first-order valence-corrected chi connectivity index (χ1v) is 19.7. The summed E-state index contributed by atoms with van der Waals surface area (Å²) in [6.45, 7) is 4.96. The first-order chi connectivity index (χ1) is 28.5. The second-order valence-corrected chi connectivity index (χ2v) is 16.5. The number of carbonyl (C=O) groups is 6. The van der Waals surface area contributed by atoms with Gasteiger partial charge in [-0.2, -0.15) is 0 Å². The number of Topliss-reactive ketones (excluding diaryl/α,β-unsaturated/α-hetero) is 1. The zero-order valence-corrected chi connectivity index (χ0v) is 33.2. The standard InChI is InChI=1S/C45H45NO14/c1-23-32-37(57-24(2)47)35(50)31-29(49)20-30-43(22-56-30,59-25(3)48)33(31)38(58-40(53)28-18-12-7-13-19-28)44(55)21-45(23,42(32,44)4)60-41(54)36(51)34(26-14-8-5-9-15-26)46-39(52)27-16-10-6-11-17-27/h5-19,29-31,33-34,36-38,49,51,55H,20-22H2,1-4H3,(H,46,52). The van der Waals surface area contributed by atoms with Crippen LogP contribution in [0, 0.1) is 17.3 Å². The molecule has 12 atom stereocenters. The summed E-state index contributed by atoms with van der Waals surface area (Å²) in [6, 6.07) is 23.0. The zero-order valence-electron chi connectivity index (χ0n) is 33.2. The van der Waals surface area contributed by atoms with E-state index in [0.29, 0.717) is 5.56 Å². The molecule has 314 valence electrons. The number of fused-ring (bicyclic) bond motifs is 3. The summed E-state index contributed by atoms with van der Waals surface area (Å²) < 4.78 is 30.0. The van der Waals surface area contributed by atoms with Crippen molar-refractivity contribution in [1.29, 1.82) is 0 Å². The monoisotopic (exact) mass is 823 g/mol. The Hall–Kier alpha value is -5.74. The van der Waals surface area contributed by atoms with E-state index in [1.165, 1.54) is 26.0 Å². The number of carbonyl (C=O) groups excluding carboxylic acids is 6. The van der Waals surface area contributed by atoms with Gasteiger partial charge in [-0.15, -0.1) is 0 Å². The second-order valence-electron chi connectivity index (χ2n) is 16.5. The van der Waals surface area contributed by atoms with Crippen LogP contribution >= 0.6 is 0 Å². The molecular weight excluding hydrogens is 778 g/mol. The number of hydrogen-bond acceptors (Lipinski definition) is 14. The lowest BCUT2D eigenvalue weighted by molar-refractivity contribution is -0.367. The lowest BCUT2D eigenvalue weighted by Gasteiger charge is -2.77. The highest BCUT2D eigenvalue weighted by atomic mass is 16.6. The summed E-state index contributed by atoms with van der Waals surface area (Å²) in [5, 5.41) is 39.6. The van der Waals surface area contributed by atoms with Gasteiger partial charge >= 0.3 is 23.9 Å². The van der Waals surface area contributed by atoms with Crippen LogP contribution in [0.3, 0.4) is 0 Å². The number of amides is 1. The molecule has 8 rings (SSSR count). The summed E-state index contributed by atoms with van der Waals surface area (Å²) in [7, 11) is 0. The zero-order chi connectivity index (χ0) is 42.9. The molecule has 3 saturated carbocycles. The fourth-order valence-corrected chi connectivity index (χ4v) is 10.6. The van der Waals surface area contributed by atoms with Crippen molar-refractivity contribution in [3.8, 4) is 0 Å². The predicted octanol–water partition coefficient (Wildman–Crippen LogP) is 2.71. The fourth-order valence-electron chi connectivity index (χ4n) is 10.6. The van der Waals surface area contributed by atoms with E-state index < -0.39 is 113 Å². The van der Waals surface area contributed by atoms with E-state index in [4.69, 9.17) is 23.7 Å². The van der Waals surface area contributed by atoms with Gasteiger partial charge in [0, 0.05) is 32.3 Å². The normalized spacial score (nSPS) is 34.4. The second kappa shape index (κ2) is 14.8. The summed E-state index contributed by atoms with van der Waals surface area (Å²) in [4.78, 5) is 82.4. The van der Waals surface area contributed by atoms with Crippen molar-refractivity contribution in [2.45, 2.75) is 93.9 Å². The topological polar surface area (TPSA) is 221 Å².